The topological polar surface area (TPSA) is 38.9 Å². The first-order chi connectivity index (χ1) is 8.64. The first-order valence-electron chi connectivity index (χ1n) is 7.37. The summed E-state index contributed by atoms with van der Waals surface area (Å²) in [6.45, 7) is 2.08. The van der Waals surface area contributed by atoms with Gasteiger partial charge >= 0.3 is 0 Å². The maximum absolute atomic E-state index is 6.28. The van der Waals surface area contributed by atoms with Crippen molar-refractivity contribution < 1.29 is 0 Å². The summed E-state index contributed by atoms with van der Waals surface area (Å²) in [6.07, 6.45) is 10.5. The van der Waals surface area contributed by atoms with Crippen LogP contribution in [0, 0.1) is 24.7 Å². The van der Waals surface area contributed by atoms with E-state index in [2.05, 4.69) is 13.0 Å². The molecule has 0 saturated heterocycles. The number of anilines is 1. The number of nitrogens with zero attached hydrogens (tertiary/aromatic N) is 1. The van der Waals surface area contributed by atoms with E-state index in [0.717, 1.165) is 23.4 Å². The molecule has 0 amide bonds. The molecule has 18 heavy (non-hydrogen) atoms. The van der Waals surface area contributed by atoms with E-state index < -0.39 is 0 Å². The van der Waals surface area contributed by atoms with Crippen LogP contribution in [0.1, 0.15) is 49.8 Å². The zero-order valence-corrected chi connectivity index (χ0v) is 11.2. The molecule has 0 atom stereocenters. The number of hydrogen-bond donors (Lipinski definition) is 1. The Labute approximate surface area is 109 Å². The van der Waals surface area contributed by atoms with Crippen molar-refractivity contribution in [2.75, 3.05) is 5.73 Å². The van der Waals surface area contributed by atoms with Gasteiger partial charge in [-0.2, -0.15) is 0 Å². The Morgan fingerprint density at radius 2 is 1.67 bits per heavy atom. The number of nitrogen functional groups attached to an aromatic ring is 1. The molecule has 4 bridgehead atoms. The standard InChI is InChI=1S/C16H22N2/c1-10-2-14(17)15(18-9-10)16-6-11-3-12(7-16)5-13(4-11)8-16/h2,9,11-13H,3-8,17H2,1H3. The maximum Gasteiger partial charge on any atom is 0.0694 e. The molecule has 0 unspecified atom stereocenters. The van der Waals surface area contributed by atoms with Crippen molar-refractivity contribution in [1.29, 1.82) is 0 Å². The van der Waals surface area contributed by atoms with Gasteiger partial charge in [-0.1, -0.05) is 0 Å². The minimum atomic E-state index is 0.340. The van der Waals surface area contributed by atoms with Gasteiger partial charge < -0.3 is 5.73 Å². The third-order valence-corrected chi connectivity index (χ3v) is 5.59. The molecule has 2 nitrogen and oxygen atoms in total. The number of nitrogens with two attached hydrogens (primary N) is 1. The maximum atomic E-state index is 6.28. The van der Waals surface area contributed by atoms with Gasteiger partial charge in [0, 0.05) is 11.6 Å². The second-order valence-corrected chi connectivity index (χ2v) is 7.15. The lowest BCUT2D eigenvalue weighted by molar-refractivity contribution is -0.00681. The Morgan fingerprint density at radius 3 is 2.17 bits per heavy atom. The first-order valence-corrected chi connectivity index (χ1v) is 7.37. The second-order valence-electron chi connectivity index (χ2n) is 7.15. The molecule has 1 aromatic rings. The first kappa shape index (κ1) is 10.8. The van der Waals surface area contributed by atoms with Crippen LogP contribution in [0.2, 0.25) is 0 Å². The van der Waals surface area contributed by atoms with Crippen molar-refractivity contribution in [2.45, 2.75) is 50.9 Å². The van der Waals surface area contributed by atoms with E-state index in [4.69, 9.17) is 10.7 Å². The van der Waals surface area contributed by atoms with Crippen LogP contribution in [-0.2, 0) is 5.41 Å². The van der Waals surface area contributed by atoms with Crippen LogP contribution in [0.4, 0.5) is 5.69 Å². The Kier molecular flexibility index (Phi) is 2.10. The van der Waals surface area contributed by atoms with E-state index in [1.54, 1.807) is 0 Å². The van der Waals surface area contributed by atoms with Crippen molar-refractivity contribution in [1.82, 2.24) is 4.98 Å². The Bertz CT molecular complexity index is 457. The molecule has 1 heterocycles. The van der Waals surface area contributed by atoms with Gasteiger partial charge in [0.2, 0.25) is 0 Å². The van der Waals surface area contributed by atoms with E-state index >= 15 is 0 Å². The fourth-order valence-corrected chi connectivity index (χ4v) is 5.44. The van der Waals surface area contributed by atoms with E-state index in [-0.39, 0.29) is 0 Å². The van der Waals surface area contributed by atoms with E-state index in [1.165, 1.54) is 49.8 Å². The monoisotopic (exact) mass is 242 g/mol. The quantitative estimate of drug-likeness (QED) is 0.819. The van der Waals surface area contributed by atoms with Gasteiger partial charge in [0.05, 0.1) is 11.4 Å². The highest BCUT2D eigenvalue weighted by Crippen LogP contribution is 2.61. The predicted octanol–water partition coefficient (Wildman–Crippen LogP) is 3.44. The lowest BCUT2D eigenvalue weighted by Crippen LogP contribution is -2.49. The minimum Gasteiger partial charge on any atom is -0.397 e. The highest BCUT2D eigenvalue weighted by molar-refractivity contribution is 5.49. The molecule has 1 aromatic heterocycles. The predicted molar refractivity (Wildman–Crippen MR) is 73.2 cm³/mol. The molecule has 4 fully saturated rings. The molecule has 4 saturated carbocycles. The number of hydrogen-bond acceptors (Lipinski definition) is 2. The summed E-state index contributed by atoms with van der Waals surface area (Å²) < 4.78 is 0. The van der Waals surface area contributed by atoms with Crippen LogP contribution in [0.5, 0.6) is 0 Å². The van der Waals surface area contributed by atoms with Gasteiger partial charge in [0.1, 0.15) is 0 Å². The minimum absolute atomic E-state index is 0.340. The second kappa shape index (κ2) is 3.49. The van der Waals surface area contributed by atoms with E-state index in [0.29, 0.717) is 5.41 Å². The molecule has 2 N–H and O–H groups in total. The summed E-state index contributed by atoms with van der Waals surface area (Å²) in [4.78, 5) is 4.74. The van der Waals surface area contributed by atoms with E-state index in [9.17, 15) is 0 Å². The van der Waals surface area contributed by atoms with Crippen LogP contribution < -0.4 is 5.73 Å². The number of rotatable bonds is 1. The van der Waals surface area contributed by atoms with Gasteiger partial charge in [0.15, 0.2) is 0 Å². The highest BCUT2D eigenvalue weighted by atomic mass is 14.8. The van der Waals surface area contributed by atoms with Crippen LogP contribution in [0.25, 0.3) is 0 Å². The zero-order chi connectivity index (χ0) is 12.3. The lowest BCUT2D eigenvalue weighted by atomic mass is 9.48. The average Bonchev–Trinajstić information content (AvgIpc) is 2.26. The molecular weight excluding hydrogens is 220 g/mol. The van der Waals surface area contributed by atoms with E-state index in [1.807, 2.05) is 6.20 Å². The normalized spacial score (nSPS) is 41.3. The molecule has 5 rings (SSSR count). The summed E-state index contributed by atoms with van der Waals surface area (Å²) in [5.41, 5.74) is 9.97. The summed E-state index contributed by atoms with van der Waals surface area (Å²) in [6, 6.07) is 2.11. The van der Waals surface area contributed by atoms with Crippen LogP contribution >= 0.6 is 0 Å². The van der Waals surface area contributed by atoms with Crippen LogP contribution in [0.3, 0.4) is 0 Å². The smallest absolute Gasteiger partial charge is 0.0694 e. The Morgan fingerprint density at radius 1 is 1.11 bits per heavy atom. The van der Waals surface area contributed by atoms with Crippen LogP contribution in [-0.4, -0.2) is 4.98 Å². The SMILES string of the molecule is Cc1cnc(C23CC4CC(CC(C4)C2)C3)c(N)c1. The van der Waals surface area contributed by atoms with Crippen molar-refractivity contribution in [3.63, 3.8) is 0 Å². The summed E-state index contributed by atoms with van der Waals surface area (Å²) in [5.74, 6) is 2.87. The fraction of sp³-hybridized carbons (Fsp3) is 0.688. The fourth-order valence-electron chi connectivity index (χ4n) is 5.44. The van der Waals surface area contributed by atoms with Gasteiger partial charge in [-0.25, -0.2) is 0 Å². The third-order valence-electron chi connectivity index (χ3n) is 5.59. The summed E-state index contributed by atoms with van der Waals surface area (Å²) in [5, 5.41) is 0. The van der Waals surface area contributed by atoms with Gasteiger partial charge in [-0.05, 0) is 74.8 Å². The van der Waals surface area contributed by atoms with Gasteiger partial charge in [-0.3, -0.25) is 4.98 Å². The molecule has 2 heteroatoms. The van der Waals surface area contributed by atoms with Gasteiger partial charge in [0.25, 0.3) is 0 Å². The lowest BCUT2D eigenvalue weighted by Gasteiger charge is -2.56. The number of aryl methyl sites for hydroxylation is 1. The van der Waals surface area contributed by atoms with Crippen molar-refractivity contribution >= 4 is 5.69 Å². The molecule has 0 radical (unpaired) electrons. The Balaban J connectivity index is 1.79. The number of aromatic nitrogens is 1. The van der Waals surface area contributed by atoms with Crippen LogP contribution in [0.15, 0.2) is 12.3 Å². The molecule has 0 aromatic carbocycles. The summed E-state index contributed by atoms with van der Waals surface area (Å²) >= 11 is 0. The van der Waals surface area contributed by atoms with Crippen molar-refractivity contribution in [2.24, 2.45) is 17.8 Å². The molecule has 4 aliphatic carbocycles. The summed E-state index contributed by atoms with van der Waals surface area (Å²) in [7, 11) is 0. The zero-order valence-electron chi connectivity index (χ0n) is 11.2. The molecule has 4 aliphatic rings. The molecule has 96 valence electrons. The third kappa shape index (κ3) is 1.44. The largest absolute Gasteiger partial charge is 0.397 e. The Hall–Kier alpha value is -1.05. The average molecular weight is 242 g/mol. The molecule has 0 aliphatic heterocycles. The molecule has 0 spiro atoms. The highest BCUT2D eigenvalue weighted by Gasteiger charge is 2.52. The number of pyridine rings is 1. The van der Waals surface area contributed by atoms with Crippen molar-refractivity contribution in [3.05, 3.63) is 23.5 Å². The van der Waals surface area contributed by atoms with Crippen molar-refractivity contribution in [3.8, 4) is 0 Å². The molecular formula is C16H22N2. The van der Waals surface area contributed by atoms with Gasteiger partial charge in [-0.15, -0.1) is 0 Å².